The van der Waals surface area contributed by atoms with Crippen LogP contribution in [0.15, 0.2) is 33.0 Å². The number of aliphatic hydroxyl groups is 1. The van der Waals surface area contributed by atoms with Gasteiger partial charge in [0.05, 0.1) is 18.1 Å². The smallest absolute Gasteiger partial charge is 0.309 e. The number of carboxylic acids is 1. The van der Waals surface area contributed by atoms with Crippen molar-refractivity contribution in [1.82, 2.24) is 0 Å². The number of ether oxygens (including phenoxy) is 1. The summed E-state index contributed by atoms with van der Waals surface area (Å²) in [6.07, 6.45) is 11.6. The zero-order valence-corrected chi connectivity index (χ0v) is 33.5. The predicted molar refractivity (Wildman–Crippen MR) is 205 cm³/mol. The van der Waals surface area contributed by atoms with Crippen LogP contribution in [0.1, 0.15) is 131 Å². The molecule has 0 spiro atoms. The van der Waals surface area contributed by atoms with Gasteiger partial charge in [-0.3, -0.25) is 14.4 Å². The number of hydrogen-bond donors (Lipinski definition) is 3. The molecule has 4 saturated carbocycles. The van der Waals surface area contributed by atoms with Crippen molar-refractivity contribution in [2.75, 3.05) is 6.61 Å². The van der Waals surface area contributed by atoms with Gasteiger partial charge >= 0.3 is 5.97 Å². The maximum absolute atomic E-state index is 14.2. The minimum Gasteiger partial charge on any atom is -0.507 e. The Kier molecular flexibility index (Phi) is 8.96. The van der Waals surface area contributed by atoms with E-state index >= 15 is 0 Å². The molecular formula is C45H62O8. The summed E-state index contributed by atoms with van der Waals surface area (Å²) in [6.45, 7) is 20.3. The molecule has 4 fully saturated rings. The van der Waals surface area contributed by atoms with Crippen molar-refractivity contribution in [3.05, 3.63) is 45.3 Å². The Balaban J connectivity index is 0.000000193. The summed E-state index contributed by atoms with van der Waals surface area (Å²) in [5.41, 5.74) is 1.03. The van der Waals surface area contributed by atoms with E-state index in [9.17, 15) is 29.7 Å². The number of ketones is 1. The molecule has 290 valence electrons. The monoisotopic (exact) mass is 730 g/mol. The van der Waals surface area contributed by atoms with Gasteiger partial charge in [-0.15, -0.1) is 0 Å². The number of aliphatic hydroxyl groups excluding tert-OH is 1. The molecule has 1 aliphatic heterocycles. The van der Waals surface area contributed by atoms with Crippen LogP contribution in [0.2, 0.25) is 0 Å². The molecule has 2 aromatic rings. The Bertz CT molecular complexity index is 1940. The second kappa shape index (κ2) is 12.4. The molecular weight excluding hydrogens is 668 g/mol. The fourth-order valence-corrected chi connectivity index (χ4v) is 12.9. The Morgan fingerprint density at radius 3 is 2.30 bits per heavy atom. The molecule has 2 heterocycles. The first-order chi connectivity index (χ1) is 24.6. The Morgan fingerprint density at radius 1 is 0.906 bits per heavy atom. The number of aliphatic carboxylic acids is 1. The van der Waals surface area contributed by atoms with E-state index in [0.717, 1.165) is 57.8 Å². The summed E-state index contributed by atoms with van der Waals surface area (Å²) in [5.74, 6) is 1.66. The number of phenolic OH excluding ortho intramolecular Hbond substituents is 1. The third-order valence-electron chi connectivity index (χ3n) is 16.7. The molecule has 8 nitrogen and oxygen atoms in total. The van der Waals surface area contributed by atoms with E-state index in [1.807, 2.05) is 13.0 Å². The van der Waals surface area contributed by atoms with Gasteiger partial charge in [-0.25, -0.2) is 0 Å². The first-order valence-corrected chi connectivity index (χ1v) is 20.2. The van der Waals surface area contributed by atoms with Crippen molar-refractivity contribution in [3.8, 4) is 11.5 Å². The highest BCUT2D eigenvalue weighted by Gasteiger charge is 2.70. The number of allylic oxidation sites excluding steroid dienone is 2. The van der Waals surface area contributed by atoms with Crippen molar-refractivity contribution in [2.24, 2.45) is 56.2 Å². The van der Waals surface area contributed by atoms with Crippen molar-refractivity contribution < 1.29 is 34.1 Å². The number of phenols is 1. The maximum Gasteiger partial charge on any atom is 0.309 e. The Morgan fingerprint density at radius 2 is 1.60 bits per heavy atom. The molecule has 0 bridgehead atoms. The van der Waals surface area contributed by atoms with Gasteiger partial charge in [0.1, 0.15) is 28.2 Å². The second-order valence-corrected chi connectivity index (χ2v) is 20.2. The summed E-state index contributed by atoms with van der Waals surface area (Å²) in [5, 5.41) is 31.5. The van der Waals surface area contributed by atoms with Crippen molar-refractivity contribution in [1.29, 1.82) is 0 Å². The average molecular weight is 731 g/mol. The van der Waals surface area contributed by atoms with Gasteiger partial charge in [0.2, 0.25) is 0 Å². The van der Waals surface area contributed by atoms with E-state index in [1.165, 1.54) is 11.6 Å². The molecule has 8 heteroatoms. The molecule has 8 rings (SSSR count). The molecule has 0 radical (unpaired) electrons. The standard InChI is InChI=1S/C30H46O4.C15H16O4/c1-25(2)21-8-11-30(7)23(28(21,5)10-9-22(25)32)20(31)16-18-19-17-27(4,24(33)34)13-12-26(19,3)14-15-29(18,30)6;1-8-3-4-10-12(18-7-8)6-13-14(15(10)17)11(16)5-9(2)19-13/h16,19,21-23,32H,8-15,17H2,1-7H3,(H,33,34);5-6,8,17H,3-4,7H2,1-2H3. The van der Waals surface area contributed by atoms with Gasteiger partial charge < -0.3 is 24.5 Å². The third kappa shape index (κ3) is 5.57. The molecule has 0 saturated heterocycles. The van der Waals surface area contributed by atoms with E-state index in [4.69, 9.17) is 9.15 Å². The molecule has 5 aliphatic carbocycles. The minimum atomic E-state index is -0.711. The molecule has 53 heavy (non-hydrogen) atoms. The number of benzene rings is 1. The van der Waals surface area contributed by atoms with Crippen molar-refractivity contribution >= 4 is 22.7 Å². The summed E-state index contributed by atoms with van der Waals surface area (Å²) in [7, 11) is 0. The summed E-state index contributed by atoms with van der Waals surface area (Å²) in [4.78, 5) is 38.4. The molecule has 3 N–H and O–H groups in total. The second-order valence-electron chi connectivity index (χ2n) is 20.2. The minimum absolute atomic E-state index is 0.00958. The van der Waals surface area contributed by atoms with Gasteiger partial charge in [0.25, 0.3) is 0 Å². The van der Waals surface area contributed by atoms with Crippen LogP contribution < -0.4 is 10.2 Å². The van der Waals surface area contributed by atoms with Gasteiger partial charge in [0, 0.05) is 23.6 Å². The number of rotatable bonds is 1. The lowest BCUT2D eigenvalue weighted by Crippen LogP contribution is -2.66. The van der Waals surface area contributed by atoms with Crippen LogP contribution in [-0.4, -0.2) is 39.8 Å². The maximum atomic E-state index is 14.2. The molecule has 0 amide bonds. The van der Waals surface area contributed by atoms with Crippen LogP contribution in [-0.2, 0) is 16.0 Å². The van der Waals surface area contributed by atoms with Gasteiger partial charge in [-0.2, -0.15) is 0 Å². The molecule has 1 aromatic heterocycles. The fraction of sp³-hybridized carbons (Fsp3) is 0.711. The zero-order valence-electron chi connectivity index (χ0n) is 33.5. The Labute approximate surface area is 314 Å². The number of hydrogen-bond acceptors (Lipinski definition) is 7. The summed E-state index contributed by atoms with van der Waals surface area (Å²) < 4.78 is 11.2. The molecule has 1 aromatic carbocycles. The lowest BCUT2D eigenvalue weighted by atomic mass is 9.33. The van der Waals surface area contributed by atoms with Gasteiger partial charge in [-0.05, 0) is 135 Å². The summed E-state index contributed by atoms with van der Waals surface area (Å²) in [6, 6.07) is 3.12. The number of carbonyl (C=O) groups is 2. The lowest BCUT2D eigenvalue weighted by molar-refractivity contribution is -0.202. The highest BCUT2D eigenvalue weighted by Crippen LogP contribution is 2.75. The molecule has 10 unspecified atom stereocenters. The van der Waals surface area contributed by atoms with Crippen LogP contribution in [0, 0.1) is 63.1 Å². The van der Waals surface area contributed by atoms with E-state index in [1.54, 1.807) is 13.0 Å². The van der Waals surface area contributed by atoms with E-state index in [-0.39, 0.29) is 67.4 Å². The largest absolute Gasteiger partial charge is 0.507 e. The van der Waals surface area contributed by atoms with Crippen LogP contribution in [0.5, 0.6) is 11.5 Å². The number of aromatic hydroxyl groups is 1. The van der Waals surface area contributed by atoms with E-state index < -0.39 is 11.4 Å². The van der Waals surface area contributed by atoms with Crippen LogP contribution in [0.4, 0.5) is 0 Å². The van der Waals surface area contributed by atoms with E-state index in [0.29, 0.717) is 53.9 Å². The molecule has 10 atom stereocenters. The third-order valence-corrected chi connectivity index (χ3v) is 16.7. The fourth-order valence-electron chi connectivity index (χ4n) is 12.9. The number of carbonyl (C=O) groups excluding carboxylic acids is 1. The number of fused-ring (bicyclic) bond motifs is 9. The normalized spacial score (nSPS) is 41.4. The van der Waals surface area contributed by atoms with Crippen LogP contribution in [0.3, 0.4) is 0 Å². The topological polar surface area (TPSA) is 134 Å². The summed E-state index contributed by atoms with van der Waals surface area (Å²) >= 11 is 0. The highest BCUT2D eigenvalue weighted by atomic mass is 16.5. The van der Waals surface area contributed by atoms with Crippen LogP contribution in [0.25, 0.3) is 11.0 Å². The lowest BCUT2D eigenvalue weighted by Gasteiger charge is -2.70. The zero-order chi connectivity index (χ0) is 38.7. The van der Waals surface area contributed by atoms with Crippen molar-refractivity contribution in [3.63, 3.8) is 0 Å². The van der Waals surface area contributed by atoms with Crippen LogP contribution >= 0.6 is 0 Å². The quantitative estimate of drug-likeness (QED) is 0.265. The van der Waals surface area contributed by atoms with Gasteiger partial charge in [0.15, 0.2) is 11.2 Å². The van der Waals surface area contributed by atoms with Crippen molar-refractivity contribution in [2.45, 2.75) is 139 Å². The average Bonchev–Trinajstić information content (AvgIpc) is 3.26. The number of carboxylic acid groups (broad SMARTS) is 1. The van der Waals surface area contributed by atoms with Gasteiger partial charge in [-0.1, -0.05) is 54.0 Å². The first-order valence-electron chi connectivity index (χ1n) is 20.2. The molecule has 6 aliphatic rings. The number of aryl methyl sites for hydroxylation is 1. The SMILES string of the molecule is CC1(C(=O)O)CCC2(C)CCC3(C)C(=CC(=O)C4C5(C)CCC(O)C(C)(C)C5CCC43C)C2C1.Cc1cc(=O)c2c(O)c3c(cc2o1)OCC(C)CC3. The van der Waals surface area contributed by atoms with E-state index in [2.05, 4.69) is 48.5 Å². The Hall–Kier alpha value is -3.13. The highest BCUT2D eigenvalue weighted by molar-refractivity contribution is 5.95. The first kappa shape index (κ1) is 38.2. The predicted octanol–water partition coefficient (Wildman–Crippen LogP) is 9.18.